The fourth-order valence-electron chi connectivity index (χ4n) is 2.69. The van der Waals surface area contributed by atoms with Gasteiger partial charge < -0.3 is 14.6 Å². The molecule has 1 amide bonds. The standard InChI is InChI=1S/C17H22N4O2/c1-14(19-7-2-9-20-10-8-18-13-20)15-3-5-16(6-4-15)21-11-12-23-17(21)22/h3-6,8,10,13-14,19H,2,7,9,11-12H2,1H3/t14-/m0/s1. The summed E-state index contributed by atoms with van der Waals surface area (Å²) in [6.07, 6.45) is 6.41. The molecule has 1 aromatic carbocycles. The summed E-state index contributed by atoms with van der Waals surface area (Å²) in [5.41, 5.74) is 2.10. The molecule has 2 heterocycles. The molecule has 6 nitrogen and oxygen atoms in total. The number of rotatable bonds is 7. The van der Waals surface area contributed by atoms with E-state index in [1.165, 1.54) is 5.56 Å². The van der Waals surface area contributed by atoms with Crippen LogP contribution in [0.1, 0.15) is 24.9 Å². The maximum Gasteiger partial charge on any atom is 0.414 e. The molecule has 6 heteroatoms. The zero-order valence-electron chi connectivity index (χ0n) is 13.3. The number of hydrogen-bond acceptors (Lipinski definition) is 4. The van der Waals surface area contributed by atoms with Gasteiger partial charge in [0.2, 0.25) is 0 Å². The number of hydrogen-bond donors (Lipinski definition) is 1. The number of benzene rings is 1. The predicted molar refractivity (Wildman–Crippen MR) is 88.4 cm³/mol. The Bertz CT molecular complexity index is 625. The van der Waals surface area contributed by atoms with Crippen molar-refractivity contribution in [1.29, 1.82) is 0 Å². The van der Waals surface area contributed by atoms with E-state index < -0.39 is 0 Å². The van der Waals surface area contributed by atoms with Crippen LogP contribution in [0.3, 0.4) is 0 Å². The van der Waals surface area contributed by atoms with Gasteiger partial charge in [0.15, 0.2) is 0 Å². The lowest BCUT2D eigenvalue weighted by Crippen LogP contribution is -2.23. The fraction of sp³-hybridized carbons (Fsp3) is 0.412. The Kier molecular flexibility index (Phi) is 4.92. The summed E-state index contributed by atoms with van der Waals surface area (Å²) in [6, 6.07) is 8.36. The van der Waals surface area contributed by atoms with Gasteiger partial charge in [-0.2, -0.15) is 0 Å². The lowest BCUT2D eigenvalue weighted by Gasteiger charge is -2.17. The van der Waals surface area contributed by atoms with E-state index in [1.54, 1.807) is 11.1 Å². The van der Waals surface area contributed by atoms with Crippen molar-refractivity contribution in [3.63, 3.8) is 0 Å². The van der Waals surface area contributed by atoms with E-state index >= 15 is 0 Å². The van der Waals surface area contributed by atoms with Crippen molar-refractivity contribution >= 4 is 11.8 Å². The van der Waals surface area contributed by atoms with E-state index in [0.717, 1.165) is 25.2 Å². The minimum atomic E-state index is -0.261. The maximum absolute atomic E-state index is 11.6. The van der Waals surface area contributed by atoms with Crippen molar-refractivity contribution in [2.75, 3.05) is 24.6 Å². The highest BCUT2D eigenvalue weighted by Crippen LogP contribution is 2.21. The van der Waals surface area contributed by atoms with Crippen LogP contribution < -0.4 is 10.2 Å². The van der Waals surface area contributed by atoms with Crippen LogP contribution in [-0.2, 0) is 11.3 Å². The fourth-order valence-corrected chi connectivity index (χ4v) is 2.69. The van der Waals surface area contributed by atoms with E-state index in [1.807, 2.05) is 24.7 Å². The molecule has 1 saturated heterocycles. The topological polar surface area (TPSA) is 59.4 Å². The van der Waals surface area contributed by atoms with Gasteiger partial charge in [0, 0.05) is 30.7 Å². The molecular formula is C17H22N4O2. The highest BCUT2D eigenvalue weighted by Gasteiger charge is 2.23. The molecule has 122 valence electrons. The minimum Gasteiger partial charge on any atom is -0.447 e. The molecule has 1 atom stereocenters. The summed E-state index contributed by atoms with van der Waals surface area (Å²) in [4.78, 5) is 17.2. The number of nitrogens with zero attached hydrogens (tertiary/aromatic N) is 3. The van der Waals surface area contributed by atoms with E-state index in [0.29, 0.717) is 13.2 Å². The molecule has 1 N–H and O–H groups in total. The second kappa shape index (κ2) is 7.28. The molecular weight excluding hydrogens is 292 g/mol. The highest BCUT2D eigenvalue weighted by atomic mass is 16.6. The Morgan fingerprint density at radius 1 is 1.35 bits per heavy atom. The van der Waals surface area contributed by atoms with Gasteiger partial charge in [-0.05, 0) is 37.6 Å². The SMILES string of the molecule is C[C@H](NCCCn1ccnc1)c1ccc(N2CCOC2=O)cc1. The first-order chi connectivity index (χ1) is 11.2. The first-order valence-corrected chi connectivity index (χ1v) is 7.97. The molecule has 3 rings (SSSR count). The van der Waals surface area contributed by atoms with Crippen molar-refractivity contribution in [2.45, 2.75) is 25.9 Å². The van der Waals surface area contributed by atoms with E-state index in [4.69, 9.17) is 4.74 Å². The Morgan fingerprint density at radius 3 is 2.83 bits per heavy atom. The largest absolute Gasteiger partial charge is 0.447 e. The maximum atomic E-state index is 11.6. The molecule has 1 aromatic heterocycles. The van der Waals surface area contributed by atoms with Crippen molar-refractivity contribution in [2.24, 2.45) is 0 Å². The van der Waals surface area contributed by atoms with E-state index in [-0.39, 0.29) is 12.1 Å². The summed E-state index contributed by atoms with van der Waals surface area (Å²) in [7, 11) is 0. The molecule has 1 aliphatic heterocycles. The average Bonchev–Trinajstić information content (AvgIpc) is 3.23. The molecule has 0 bridgehead atoms. The van der Waals surface area contributed by atoms with Gasteiger partial charge in [-0.3, -0.25) is 4.90 Å². The number of cyclic esters (lactones) is 1. The average molecular weight is 314 g/mol. The van der Waals surface area contributed by atoms with Gasteiger partial charge in [-0.25, -0.2) is 9.78 Å². The summed E-state index contributed by atoms with van der Waals surface area (Å²) < 4.78 is 7.04. The number of aryl methyl sites for hydroxylation is 1. The number of ether oxygens (including phenoxy) is 1. The zero-order chi connectivity index (χ0) is 16.1. The zero-order valence-corrected chi connectivity index (χ0v) is 13.3. The molecule has 1 fully saturated rings. The Morgan fingerprint density at radius 2 is 2.17 bits per heavy atom. The normalized spacial score (nSPS) is 15.7. The number of imidazole rings is 1. The molecule has 23 heavy (non-hydrogen) atoms. The van der Waals surface area contributed by atoms with Crippen LogP contribution in [0.15, 0.2) is 43.0 Å². The Hall–Kier alpha value is -2.34. The minimum absolute atomic E-state index is 0.261. The van der Waals surface area contributed by atoms with Gasteiger partial charge in [0.25, 0.3) is 0 Å². The van der Waals surface area contributed by atoms with Gasteiger partial charge in [0.1, 0.15) is 6.61 Å². The second-order valence-electron chi connectivity index (χ2n) is 5.69. The summed E-state index contributed by atoms with van der Waals surface area (Å²) in [5, 5.41) is 3.52. The van der Waals surface area contributed by atoms with Gasteiger partial charge in [-0.1, -0.05) is 12.1 Å². The predicted octanol–water partition coefficient (Wildman–Crippen LogP) is 2.58. The van der Waals surface area contributed by atoms with Gasteiger partial charge in [0.05, 0.1) is 12.9 Å². The first kappa shape index (κ1) is 15.6. The van der Waals surface area contributed by atoms with Crippen LogP contribution in [0.4, 0.5) is 10.5 Å². The number of nitrogens with one attached hydrogen (secondary N) is 1. The summed E-state index contributed by atoms with van der Waals surface area (Å²) >= 11 is 0. The van der Waals surface area contributed by atoms with Crippen LogP contribution >= 0.6 is 0 Å². The highest BCUT2D eigenvalue weighted by molar-refractivity contribution is 5.89. The van der Waals surface area contributed by atoms with Gasteiger partial charge in [-0.15, -0.1) is 0 Å². The second-order valence-corrected chi connectivity index (χ2v) is 5.69. The number of carbonyl (C=O) groups is 1. The molecule has 0 aliphatic carbocycles. The first-order valence-electron chi connectivity index (χ1n) is 7.97. The quantitative estimate of drug-likeness (QED) is 0.798. The summed E-state index contributed by atoms with van der Waals surface area (Å²) in [6.45, 7) is 5.15. The lowest BCUT2D eigenvalue weighted by atomic mass is 10.1. The third kappa shape index (κ3) is 3.90. The van der Waals surface area contributed by atoms with E-state index in [2.05, 4.69) is 33.9 Å². The molecule has 0 saturated carbocycles. The molecule has 0 unspecified atom stereocenters. The van der Waals surface area contributed by atoms with Crippen LogP contribution in [0, 0.1) is 0 Å². The Labute approximate surface area is 136 Å². The third-order valence-electron chi connectivity index (χ3n) is 4.07. The van der Waals surface area contributed by atoms with Crippen molar-refractivity contribution in [1.82, 2.24) is 14.9 Å². The van der Waals surface area contributed by atoms with Crippen molar-refractivity contribution < 1.29 is 9.53 Å². The third-order valence-corrected chi connectivity index (χ3v) is 4.07. The lowest BCUT2D eigenvalue weighted by molar-refractivity contribution is 0.181. The monoisotopic (exact) mass is 314 g/mol. The number of anilines is 1. The van der Waals surface area contributed by atoms with E-state index in [9.17, 15) is 4.79 Å². The van der Waals surface area contributed by atoms with Crippen LogP contribution in [0.5, 0.6) is 0 Å². The molecule has 0 spiro atoms. The smallest absolute Gasteiger partial charge is 0.414 e. The number of amides is 1. The van der Waals surface area contributed by atoms with Crippen LogP contribution in [0.25, 0.3) is 0 Å². The molecule has 1 aliphatic rings. The van der Waals surface area contributed by atoms with Crippen LogP contribution in [0.2, 0.25) is 0 Å². The molecule has 0 radical (unpaired) electrons. The molecule has 2 aromatic rings. The van der Waals surface area contributed by atoms with Crippen molar-refractivity contribution in [3.05, 3.63) is 48.5 Å². The van der Waals surface area contributed by atoms with Crippen molar-refractivity contribution in [3.8, 4) is 0 Å². The number of carbonyl (C=O) groups excluding carboxylic acids is 1. The Balaban J connectivity index is 1.47. The number of aromatic nitrogens is 2. The van der Waals surface area contributed by atoms with Gasteiger partial charge >= 0.3 is 6.09 Å². The van der Waals surface area contributed by atoms with Crippen LogP contribution in [-0.4, -0.2) is 35.3 Å². The summed E-state index contributed by atoms with van der Waals surface area (Å²) in [5.74, 6) is 0.